The zero-order valence-corrected chi connectivity index (χ0v) is 13.3. The van der Waals surface area contributed by atoms with Crippen LogP contribution in [0.25, 0.3) is 5.76 Å². The van der Waals surface area contributed by atoms with Crippen LogP contribution in [-0.2, 0) is 9.53 Å². The summed E-state index contributed by atoms with van der Waals surface area (Å²) >= 11 is 11.6. The van der Waals surface area contributed by atoms with Gasteiger partial charge in [0, 0.05) is 33.3 Å². The average molecular weight is 345 g/mol. The minimum atomic E-state index is -0.350. The smallest absolute Gasteiger partial charge is 0.224 e. The van der Waals surface area contributed by atoms with Crippen molar-refractivity contribution in [3.05, 3.63) is 87.6 Å². The van der Waals surface area contributed by atoms with Crippen molar-refractivity contribution in [3.63, 3.8) is 0 Å². The maximum Gasteiger partial charge on any atom is 0.224 e. The van der Waals surface area contributed by atoms with Gasteiger partial charge in [0.25, 0.3) is 0 Å². The number of benzene rings is 2. The molecule has 0 radical (unpaired) electrons. The fraction of sp³-hybridized carbons (Fsp3) is 0. The lowest BCUT2D eigenvalue weighted by Gasteiger charge is -2.04. The molecule has 1 heterocycles. The Bertz CT molecular complexity index is 832. The van der Waals surface area contributed by atoms with Gasteiger partial charge in [0.1, 0.15) is 5.76 Å². The van der Waals surface area contributed by atoms with Crippen molar-refractivity contribution in [2.24, 2.45) is 0 Å². The van der Waals surface area contributed by atoms with E-state index in [0.29, 0.717) is 26.9 Å². The highest BCUT2D eigenvalue weighted by Gasteiger charge is 2.23. The molecule has 1 aliphatic rings. The molecule has 0 amide bonds. The maximum absolute atomic E-state index is 12.2. The van der Waals surface area contributed by atoms with Crippen LogP contribution < -0.4 is 0 Å². The van der Waals surface area contributed by atoms with E-state index in [2.05, 4.69) is 0 Å². The van der Waals surface area contributed by atoms with Gasteiger partial charge in [0.15, 0.2) is 11.5 Å². The Morgan fingerprint density at radius 3 is 2.09 bits per heavy atom. The Labute approximate surface area is 142 Å². The predicted molar refractivity (Wildman–Crippen MR) is 89.4 cm³/mol. The lowest BCUT2D eigenvalue weighted by Crippen LogP contribution is -2.01. The van der Waals surface area contributed by atoms with E-state index in [-0.39, 0.29) is 17.3 Å². The molecule has 0 atom stereocenters. The van der Waals surface area contributed by atoms with Crippen molar-refractivity contribution in [2.45, 2.75) is 0 Å². The van der Waals surface area contributed by atoms with Gasteiger partial charge >= 0.3 is 0 Å². The molecule has 0 saturated heterocycles. The molecule has 23 heavy (non-hydrogen) atoms. The number of ketones is 2. The molecule has 0 fully saturated rings. The number of ether oxygens (including phenoxy) is 1. The zero-order valence-electron chi connectivity index (χ0n) is 11.8. The lowest BCUT2D eigenvalue weighted by molar-refractivity contribution is -0.112. The minimum Gasteiger partial charge on any atom is -0.452 e. The van der Waals surface area contributed by atoms with E-state index in [1.165, 1.54) is 12.2 Å². The molecule has 0 bridgehead atoms. The second kappa shape index (κ2) is 6.41. The van der Waals surface area contributed by atoms with E-state index in [1.54, 1.807) is 48.5 Å². The van der Waals surface area contributed by atoms with Gasteiger partial charge in [-0.2, -0.15) is 0 Å². The molecular formula is C18H10Cl2O3. The Balaban J connectivity index is 1.80. The number of hydrogen-bond acceptors (Lipinski definition) is 3. The van der Waals surface area contributed by atoms with E-state index in [0.717, 1.165) is 0 Å². The van der Waals surface area contributed by atoms with Crippen LogP contribution in [0.15, 0.2) is 66.4 Å². The Kier molecular flexibility index (Phi) is 4.33. The van der Waals surface area contributed by atoms with Crippen molar-refractivity contribution in [3.8, 4) is 0 Å². The molecular weight excluding hydrogens is 335 g/mol. The van der Waals surface area contributed by atoms with E-state index >= 15 is 0 Å². The number of allylic oxidation sites excluding steroid dienone is 2. The molecule has 1 aliphatic heterocycles. The summed E-state index contributed by atoms with van der Waals surface area (Å²) in [6, 6.07) is 13.3. The second-order valence-electron chi connectivity index (χ2n) is 4.86. The summed E-state index contributed by atoms with van der Waals surface area (Å²) in [5, 5.41) is 1.13. The molecule has 3 rings (SSSR count). The summed E-state index contributed by atoms with van der Waals surface area (Å²) in [5.74, 6) is -0.287. The van der Waals surface area contributed by atoms with Gasteiger partial charge in [-0.25, -0.2) is 0 Å². The van der Waals surface area contributed by atoms with Gasteiger partial charge in [-0.05, 0) is 48.5 Å². The lowest BCUT2D eigenvalue weighted by atomic mass is 10.1. The van der Waals surface area contributed by atoms with Crippen LogP contribution >= 0.6 is 23.2 Å². The topological polar surface area (TPSA) is 43.4 Å². The SMILES string of the molecule is O=C1C=C(c2ccc(Cl)cc2)O/C1=C/C(=O)c1ccc(Cl)cc1. The molecule has 3 nitrogen and oxygen atoms in total. The number of hydrogen-bond donors (Lipinski definition) is 0. The first-order valence-electron chi connectivity index (χ1n) is 6.74. The molecule has 0 N–H and O–H groups in total. The first-order chi connectivity index (χ1) is 11.0. The van der Waals surface area contributed by atoms with Crippen LogP contribution in [0.4, 0.5) is 0 Å². The third-order valence-electron chi connectivity index (χ3n) is 3.24. The molecule has 2 aromatic carbocycles. The molecule has 0 aromatic heterocycles. The summed E-state index contributed by atoms with van der Waals surface area (Å²) in [6.07, 6.45) is 2.54. The summed E-state index contributed by atoms with van der Waals surface area (Å²) in [4.78, 5) is 24.1. The number of carbonyl (C=O) groups is 2. The van der Waals surface area contributed by atoms with Crippen LogP contribution in [0.5, 0.6) is 0 Å². The van der Waals surface area contributed by atoms with E-state index in [9.17, 15) is 9.59 Å². The fourth-order valence-electron chi connectivity index (χ4n) is 2.06. The molecule has 0 unspecified atom stereocenters. The van der Waals surface area contributed by atoms with Crippen molar-refractivity contribution < 1.29 is 14.3 Å². The third kappa shape index (κ3) is 3.52. The first-order valence-corrected chi connectivity index (χ1v) is 7.50. The van der Waals surface area contributed by atoms with Crippen LogP contribution in [0.3, 0.4) is 0 Å². The molecule has 0 spiro atoms. The molecule has 114 valence electrons. The molecule has 2 aromatic rings. The van der Waals surface area contributed by atoms with Gasteiger partial charge in [-0.15, -0.1) is 0 Å². The van der Waals surface area contributed by atoms with Crippen molar-refractivity contribution in [1.29, 1.82) is 0 Å². The summed E-state index contributed by atoms with van der Waals surface area (Å²) < 4.78 is 5.50. The van der Waals surface area contributed by atoms with Crippen LogP contribution in [0.2, 0.25) is 10.0 Å². The summed E-state index contributed by atoms with van der Waals surface area (Å²) in [7, 11) is 0. The van der Waals surface area contributed by atoms with Crippen LogP contribution in [0.1, 0.15) is 15.9 Å². The average Bonchev–Trinajstić information content (AvgIpc) is 2.89. The van der Waals surface area contributed by atoms with Gasteiger partial charge in [0.2, 0.25) is 5.78 Å². The quantitative estimate of drug-likeness (QED) is 0.598. The first kappa shape index (κ1) is 15.5. The second-order valence-corrected chi connectivity index (χ2v) is 5.73. The number of halogens is 2. The van der Waals surface area contributed by atoms with Crippen LogP contribution in [-0.4, -0.2) is 11.6 Å². The third-order valence-corrected chi connectivity index (χ3v) is 3.75. The molecule has 5 heteroatoms. The highest BCUT2D eigenvalue weighted by molar-refractivity contribution is 6.31. The summed E-state index contributed by atoms with van der Waals surface area (Å²) in [5.41, 5.74) is 1.14. The van der Waals surface area contributed by atoms with E-state index in [4.69, 9.17) is 27.9 Å². The minimum absolute atomic E-state index is 0.00472. The Morgan fingerprint density at radius 2 is 1.48 bits per heavy atom. The van der Waals surface area contributed by atoms with Crippen molar-refractivity contribution in [2.75, 3.05) is 0 Å². The van der Waals surface area contributed by atoms with Crippen molar-refractivity contribution in [1.82, 2.24) is 0 Å². The van der Waals surface area contributed by atoms with E-state index in [1.807, 2.05) is 0 Å². The number of carbonyl (C=O) groups excluding carboxylic acids is 2. The van der Waals surface area contributed by atoms with Gasteiger partial charge < -0.3 is 4.74 Å². The maximum atomic E-state index is 12.2. The predicted octanol–water partition coefficient (Wildman–Crippen LogP) is 4.70. The Hall–Kier alpha value is -2.36. The monoisotopic (exact) mass is 344 g/mol. The molecule has 0 saturated carbocycles. The fourth-order valence-corrected chi connectivity index (χ4v) is 2.31. The Morgan fingerprint density at radius 1 is 0.913 bits per heavy atom. The van der Waals surface area contributed by atoms with Gasteiger partial charge in [-0.3, -0.25) is 9.59 Å². The van der Waals surface area contributed by atoms with E-state index < -0.39 is 0 Å². The molecule has 0 aliphatic carbocycles. The highest BCUT2D eigenvalue weighted by atomic mass is 35.5. The van der Waals surface area contributed by atoms with Crippen molar-refractivity contribution >= 4 is 40.5 Å². The standard InChI is InChI=1S/C18H10Cl2O3/c19-13-5-1-11(2-6-13)15(21)9-18-16(22)10-17(23-18)12-3-7-14(20)8-4-12/h1-10H/b18-9+. The van der Waals surface area contributed by atoms with Gasteiger partial charge in [-0.1, -0.05) is 23.2 Å². The summed E-state index contributed by atoms with van der Waals surface area (Å²) in [6.45, 7) is 0. The highest BCUT2D eigenvalue weighted by Crippen LogP contribution is 2.27. The largest absolute Gasteiger partial charge is 0.452 e. The van der Waals surface area contributed by atoms with Crippen LogP contribution in [0, 0.1) is 0 Å². The van der Waals surface area contributed by atoms with Gasteiger partial charge in [0.05, 0.1) is 0 Å². The normalized spacial score (nSPS) is 15.5. The number of rotatable bonds is 3. The zero-order chi connectivity index (χ0) is 16.4.